The fourth-order valence-corrected chi connectivity index (χ4v) is 19.9. The Labute approximate surface area is 577 Å². The number of ether oxygens (including phenoxy) is 9. The molecule has 6 aromatic rings. The minimum atomic E-state index is -2.47. The minimum absolute atomic E-state index is 0.0314. The zero-order chi connectivity index (χ0) is 68.8. The third kappa shape index (κ3) is 19.2. The van der Waals surface area contributed by atoms with Crippen LogP contribution < -0.4 is 30.1 Å². The molecular weight excluding hydrogens is 1260 g/mol. The third-order valence-corrected chi connectivity index (χ3v) is 34.1. The number of allylic oxidation sites excluding steroid dienone is 2. The molecule has 11 atom stereocenters. The first kappa shape index (κ1) is 75.5. The summed E-state index contributed by atoms with van der Waals surface area (Å²) in [5.41, 5.74) is 3.81. The molecule has 2 heterocycles. The molecule has 0 aromatic heterocycles. The van der Waals surface area contributed by atoms with Crippen LogP contribution in [-0.2, 0) is 57.1 Å². The van der Waals surface area contributed by atoms with Crippen LogP contribution in [0.15, 0.2) is 200 Å². The van der Waals surface area contributed by atoms with E-state index in [9.17, 15) is 0 Å². The summed E-state index contributed by atoms with van der Waals surface area (Å²) >= 11 is 6.46. The normalized spacial score (nSPS) is 22.8. The molecule has 0 bridgehead atoms. The summed E-state index contributed by atoms with van der Waals surface area (Å²) < 4.78 is 77.2. The zero-order valence-corrected chi connectivity index (χ0v) is 63.3. The number of rotatable bonds is 32. The predicted octanol–water partition coefficient (Wildman–Crippen LogP) is 18.1. The summed E-state index contributed by atoms with van der Waals surface area (Å²) in [6.45, 7) is 37.0. The molecule has 11 nitrogen and oxygen atoms in total. The van der Waals surface area contributed by atoms with Gasteiger partial charge >= 0.3 is 0 Å². The van der Waals surface area contributed by atoms with Crippen molar-refractivity contribution in [2.75, 3.05) is 34.6 Å². The SMILES string of the molecule is C=C(Cl)/C=C/[C@H](CC(=C)C[C@H]1O[C@@H]([C@H](OCc2ccc(OC)cc2)[C@@]2(OC)C[C@H](O[Si](C)(C)C(C)(C)C)[C@@H](C)[C@@H](CCC[P+](c3ccccc3)(c3ccccc3)c3ccccc3)O2)[C@H](C)[C@@H](OCc2ccc(OC)cc2)[C@H]1OCc1ccc(OC)cc1)O[Si](C)(C)C(C)(C)C. The van der Waals surface area contributed by atoms with Crippen LogP contribution in [0.3, 0.4) is 0 Å². The molecule has 0 amide bonds. The summed E-state index contributed by atoms with van der Waals surface area (Å²) in [4.78, 5) is 0. The molecule has 6 aromatic carbocycles. The van der Waals surface area contributed by atoms with Gasteiger partial charge in [-0.25, -0.2) is 0 Å². The molecule has 0 saturated carbocycles. The molecule has 0 spiro atoms. The van der Waals surface area contributed by atoms with E-state index < -0.39 is 66.1 Å². The van der Waals surface area contributed by atoms with Gasteiger partial charge in [0.25, 0.3) is 0 Å². The number of benzene rings is 6. The van der Waals surface area contributed by atoms with E-state index in [2.05, 4.69) is 179 Å². The van der Waals surface area contributed by atoms with Gasteiger partial charge in [-0.3, -0.25) is 0 Å². The highest BCUT2D eigenvalue weighted by Gasteiger charge is 2.60. The van der Waals surface area contributed by atoms with Crippen LogP contribution in [0.4, 0.5) is 0 Å². The third-order valence-electron chi connectivity index (χ3n) is 20.5. The van der Waals surface area contributed by atoms with Gasteiger partial charge in [0.05, 0.1) is 83.9 Å². The van der Waals surface area contributed by atoms with Crippen molar-refractivity contribution < 1.29 is 51.5 Å². The first-order chi connectivity index (χ1) is 45.2. The molecule has 2 aliphatic rings. The van der Waals surface area contributed by atoms with Crippen molar-refractivity contribution in [1.82, 2.24) is 0 Å². The summed E-state index contributed by atoms with van der Waals surface area (Å²) in [6.07, 6.45) is 3.23. The number of hydrogen-bond acceptors (Lipinski definition) is 11. The van der Waals surface area contributed by atoms with Crippen molar-refractivity contribution in [2.24, 2.45) is 11.8 Å². The number of methoxy groups -OCH3 is 4. The quantitative estimate of drug-likeness (QED) is 0.0175. The van der Waals surface area contributed by atoms with Gasteiger partial charge in [-0.2, -0.15) is 0 Å². The van der Waals surface area contributed by atoms with Gasteiger partial charge in [0.15, 0.2) is 22.4 Å². The molecule has 2 fully saturated rings. The Kier molecular flexibility index (Phi) is 26.7. The molecule has 514 valence electrons. The molecule has 8 rings (SSSR count). The fourth-order valence-electron chi connectivity index (χ4n) is 12.8. The Bertz CT molecular complexity index is 3260. The molecule has 0 radical (unpaired) electrons. The van der Waals surface area contributed by atoms with Gasteiger partial charge in [-0.1, -0.05) is 183 Å². The molecule has 0 unspecified atom stereocenters. The molecule has 2 aliphatic heterocycles. The lowest BCUT2D eigenvalue weighted by molar-refractivity contribution is -0.367. The second kappa shape index (κ2) is 33.6. The smallest absolute Gasteiger partial charge is 0.199 e. The van der Waals surface area contributed by atoms with Gasteiger partial charge < -0.3 is 51.5 Å². The monoisotopic (exact) mass is 1370 g/mol. The summed E-state index contributed by atoms with van der Waals surface area (Å²) in [5.74, 6) is 0.421. The topological polar surface area (TPSA) is 102 Å². The number of halogens is 1. The van der Waals surface area contributed by atoms with E-state index in [-0.39, 0.29) is 54.1 Å². The second-order valence-electron chi connectivity index (χ2n) is 29.0. The largest absolute Gasteiger partial charge is 0.497 e. The van der Waals surface area contributed by atoms with Crippen LogP contribution in [0.1, 0.15) is 104 Å². The highest BCUT2D eigenvalue weighted by molar-refractivity contribution is 7.95. The van der Waals surface area contributed by atoms with Gasteiger partial charge in [-0.05, 0) is 158 Å². The lowest BCUT2D eigenvalue weighted by Crippen LogP contribution is -2.67. The van der Waals surface area contributed by atoms with E-state index in [0.29, 0.717) is 24.3 Å². The number of hydrogen-bond donors (Lipinski definition) is 0. The maximum atomic E-state index is 7.96. The maximum absolute atomic E-state index is 7.96. The van der Waals surface area contributed by atoms with E-state index in [1.807, 2.05) is 84.9 Å². The van der Waals surface area contributed by atoms with Gasteiger partial charge in [-0.15, -0.1) is 0 Å². The Hall–Kier alpha value is -5.23. The molecule has 2 saturated heterocycles. The molecule has 95 heavy (non-hydrogen) atoms. The summed E-state index contributed by atoms with van der Waals surface area (Å²) in [6, 6.07) is 57.4. The Balaban J connectivity index is 1.27. The zero-order valence-electron chi connectivity index (χ0n) is 59.6. The van der Waals surface area contributed by atoms with Crippen molar-refractivity contribution >= 4 is 51.4 Å². The molecule has 15 heteroatoms. The van der Waals surface area contributed by atoms with E-state index in [1.165, 1.54) is 15.9 Å². The second-order valence-corrected chi connectivity index (χ2v) is 42.7. The average Bonchev–Trinajstić information content (AvgIpc) is 0.750. The van der Waals surface area contributed by atoms with E-state index >= 15 is 0 Å². The predicted molar refractivity (Wildman–Crippen MR) is 397 cm³/mol. The molecular formula is C80H109ClO11PSi2+. The Morgan fingerprint density at radius 2 is 1.06 bits per heavy atom. The van der Waals surface area contributed by atoms with Gasteiger partial charge in [0, 0.05) is 30.4 Å². The maximum Gasteiger partial charge on any atom is 0.199 e. The Morgan fingerprint density at radius 1 is 0.611 bits per heavy atom. The highest BCUT2D eigenvalue weighted by Crippen LogP contribution is 2.57. The molecule has 0 aliphatic carbocycles. The van der Waals surface area contributed by atoms with E-state index in [0.717, 1.165) is 58.5 Å². The first-order valence-electron chi connectivity index (χ1n) is 33.9. The fraction of sp³-hybridized carbons (Fsp3) is 0.475. The van der Waals surface area contributed by atoms with Crippen LogP contribution >= 0.6 is 18.9 Å². The van der Waals surface area contributed by atoms with Crippen molar-refractivity contribution in [3.63, 3.8) is 0 Å². The summed E-state index contributed by atoms with van der Waals surface area (Å²) in [7, 11) is -0.198. The summed E-state index contributed by atoms with van der Waals surface area (Å²) in [5, 5.41) is 4.30. The highest BCUT2D eigenvalue weighted by atomic mass is 35.5. The lowest BCUT2D eigenvalue weighted by atomic mass is 9.78. The lowest BCUT2D eigenvalue weighted by Gasteiger charge is -2.55. The van der Waals surface area contributed by atoms with Crippen LogP contribution in [0.2, 0.25) is 36.3 Å². The Morgan fingerprint density at radius 3 is 1.49 bits per heavy atom. The van der Waals surface area contributed by atoms with Crippen LogP contribution in [-0.4, -0.2) is 106 Å². The van der Waals surface area contributed by atoms with Gasteiger partial charge in [0.2, 0.25) is 0 Å². The molecule has 0 N–H and O–H groups in total. The van der Waals surface area contributed by atoms with E-state index in [1.54, 1.807) is 28.4 Å². The van der Waals surface area contributed by atoms with Crippen LogP contribution in [0.5, 0.6) is 17.2 Å². The van der Waals surface area contributed by atoms with Crippen LogP contribution in [0, 0.1) is 11.8 Å². The van der Waals surface area contributed by atoms with Crippen molar-refractivity contribution in [2.45, 2.75) is 198 Å². The van der Waals surface area contributed by atoms with Crippen LogP contribution in [0.25, 0.3) is 0 Å². The standard InChI is InChI=1S/C80H109ClO11PSi2/c1-57(51-67(43-36-58(2)81)91-94(15,16)78(5,6)7)52-72-76(87-55-62-39-46-65(83-12)47-40-62)74(86-54-61-37-44-64(82-11)45-38-61)60(4)75(89-72)77(88-56-63-41-48-66(84-13)49-42-63)80(85-14)53-73(92-95(17,18)79(8,9)10)59(3)71(90-80)35-28-50-93(68-29-22-19-23-30-68,69-31-24-20-25-32-69)70-33-26-21-27-34-70/h19-27,29-34,36-49,59-60,67,71-77H,1-2,28,35,50-56H2,3-18H3/q+1/b43-36+/t59-,60+,67+,71+,72+,73-,74+,75+,76-,77-,80+/m0/s1. The van der Waals surface area contributed by atoms with Gasteiger partial charge in [0.1, 0.15) is 52.6 Å². The first-order valence-corrected chi connectivity index (χ1v) is 42.0. The van der Waals surface area contributed by atoms with Crippen molar-refractivity contribution in [3.05, 3.63) is 216 Å². The van der Waals surface area contributed by atoms with Crippen molar-refractivity contribution in [3.8, 4) is 17.2 Å². The van der Waals surface area contributed by atoms with Crippen molar-refractivity contribution in [1.29, 1.82) is 0 Å². The minimum Gasteiger partial charge on any atom is -0.497 e. The average molecular weight is 1370 g/mol. The van der Waals surface area contributed by atoms with E-state index in [4.69, 9.17) is 69.7 Å².